The second-order valence-electron chi connectivity index (χ2n) is 10.2. The molecule has 1 unspecified atom stereocenters. The van der Waals surface area contributed by atoms with E-state index in [0.717, 1.165) is 49.5 Å². The lowest BCUT2D eigenvalue weighted by Gasteiger charge is -2.31. The highest BCUT2D eigenvalue weighted by Crippen LogP contribution is 2.25. The monoisotopic (exact) mass is 595 g/mol. The number of amides is 2. The Bertz CT molecular complexity index is 1230. The number of nitrogens with one attached hydrogen (secondary N) is 1. The molecule has 0 saturated heterocycles. The SMILES string of the molecule is CCc1ccc(N(CCCC(=O)N(Cc2ccc(Cl)c(Cl)c2)C(C)C(=O)NC2CCCCC2)S(C)(=O)=O)cc1. The minimum absolute atomic E-state index is 0.0848. The normalized spacial score (nSPS) is 15.0. The van der Waals surface area contributed by atoms with E-state index in [9.17, 15) is 18.0 Å². The molecule has 39 heavy (non-hydrogen) atoms. The molecule has 3 rings (SSSR count). The van der Waals surface area contributed by atoms with Crippen LogP contribution in [0.25, 0.3) is 0 Å². The summed E-state index contributed by atoms with van der Waals surface area (Å²) in [6, 6.07) is 12.0. The molecule has 7 nitrogen and oxygen atoms in total. The van der Waals surface area contributed by atoms with Crippen molar-refractivity contribution in [2.24, 2.45) is 0 Å². The third kappa shape index (κ3) is 9.12. The van der Waals surface area contributed by atoms with Gasteiger partial charge in [-0.3, -0.25) is 13.9 Å². The van der Waals surface area contributed by atoms with Crippen LogP contribution in [0.4, 0.5) is 5.69 Å². The van der Waals surface area contributed by atoms with Crippen LogP contribution in [0.2, 0.25) is 10.0 Å². The van der Waals surface area contributed by atoms with Gasteiger partial charge in [-0.25, -0.2) is 8.42 Å². The van der Waals surface area contributed by atoms with Crippen molar-refractivity contribution in [2.75, 3.05) is 17.1 Å². The molecule has 1 aliphatic rings. The molecule has 0 aromatic heterocycles. The average Bonchev–Trinajstić information content (AvgIpc) is 2.91. The standard InChI is InChI=1S/C29H39Cl2N3O4S/c1-4-22-12-15-25(16-13-22)34(39(3,37)38)18-8-11-28(35)33(20-23-14-17-26(30)27(31)19-23)21(2)29(36)32-24-9-6-5-7-10-24/h12-17,19,21,24H,4-11,18,20H2,1-3H3,(H,32,36). The second-order valence-corrected chi connectivity index (χ2v) is 13.0. The molecular weight excluding hydrogens is 557 g/mol. The smallest absolute Gasteiger partial charge is 0.242 e. The van der Waals surface area contributed by atoms with E-state index in [1.54, 1.807) is 42.2 Å². The van der Waals surface area contributed by atoms with Crippen LogP contribution in [0.1, 0.15) is 69.9 Å². The molecular formula is C29H39Cl2N3O4S. The van der Waals surface area contributed by atoms with Gasteiger partial charge in [-0.05, 0) is 68.0 Å². The molecule has 2 amide bonds. The third-order valence-electron chi connectivity index (χ3n) is 7.24. The van der Waals surface area contributed by atoms with Gasteiger partial charge in [-0.2, -0.15) is 0 Å². The van der Waals surface area contributed by atoms with Gasteiger partial charge in [0.05, 0.1) is 22.0 Å². The van der Waals surface area contributed by atoms with E-state index in [1.807, 2.05) is 19.1 Å². The Morgan fingerprint density at radius 2 is 1.64 bits per heavy atom. The average molecular weight is 597 g/mol. The number of carbonyl (C=O) groups is 2. The molecule has 10 heteroatoms. The number of nitrogens with zero attached hydrogens (tertiary/aromatic N) is 2. The van der Waals surface area contributed by atoms with Gasteiger partial charge in [0, 0.05) is 25.6 Å². The van der Waals surface area contributed by atoms with Crippen LogP contribution in [0.3, 0.4) is 0 Å². The molecule has 1 atom stereocenters. The summed E-state index contributed by atoms with van der Waals surface area (Å²) >= 11 is 12.3. The van der Waals surface area contributed by atoms with E-state index in [1.165, 1.54) is 10.7 Å². The lowest BCUT2D eigenvalue weighted by atomic mass is 9.95. The van der Waals surface area contributed by atoms with Crippen LogP contribution in [0.5, 0.6) is 0 Å². The Morgan fingerprint density at radius 3 is 2.23 bits per heavy atom. The predicted molar refractivity (Wildman–Crippen MR) is 159 cm³/mol. The van der Waals surface area contributed by atoms with Gasteiger partial charge in [0.25, 0.3) is 0 Å². The summed E-state index contributed by atoms with van der Waals surface area (Å²) in [6.45, 7) is 4.10. The number of sulfonamides is 1. The zero-order chi connectivity index (χ0) is 28.6. The zero-order valence-corrected chi connectivity index (χ0v) is 25.3. The van der Waals surface area contributed by atoms with Gasteiger partial charge >= 0.3 is 0 Å². The highest BCUT2D eigenvalue weighted by Gasteiger charge is 2.28. The van der Waals surface area contributed by atoms with Crippen LogP contribution in [0, 0.1) is 0 Å². The number of rotatable bonds is 12. The van der Waals surface area contributed by atoms with Crippen molar-refractivity contribution in [1.29, 1.82) is 0 Å². The first-order valence-electron chi connectivity index (χ1n) is 13.6. The first-order valence-corrected chi connectivity index (χ1v) is 16.2. The van der Waals surface area contributed by atoms with Gasteiger partial charge in [0.2, 0.25) is 21.8 Å². The van der Waals surface area contributed by atoms with E-state index in [2.05, 4.69) is 5.32 Å². The Balaban J connectivity index is 1.73. The lowest BCUT2D eigenvalue weighted by molar-refractivity contribution is -0.141. The van der Waals surface area contributed by atoms with Crippen molar-refractivity contribution >= 4 is 50.7 Å². The van der Waals surface area contributed by atoms with Gasteiger partial charge in [-0.15, -0.1) is 0 Å². The number of anilines is 1. The highest BCUT2D eigenvalue weighted by atomic mass is 35.5. The van der Waals surface area contributed by atoms with E-state index in [0.29, 0.717) is 22.2 Å². The van der Waals surface area contributed by atoms with Crippen LogP contribution >= 0.6 is 23.2 Å². The highest BCUT2D eigenvalue weighted by molar-refractivity contribution is 7.92. The van der Waals surface area contributed by atoms with Crippen molar-refractivity contribution < 1.29 is 18.0 Å². The van der Waals surface area contributed by atoms with Gasteiger partial charge in [0.15, 0.2) is 0 Å². The Hall–Kier alpha value is -2.29. The first kappa shape index (κ1) is 31.2. The third-order valence-corrected chi connectivity index (χ3v) is 9.17. The molecule has 0 spiro atoms. The molecule has 2 aromatic rings. The van der Waals surface area contributed by atoms with E-state index in [-0.39, 0.29) is 37.4 Å². The van der Waals surface area contributed by atoms with E-state index < -0.39 is 16.1 Å². The summed E-state index contributed by atoms with van der Waals surface area (Å²) < 4.78 is 26.4. The molecule has 1 fully saturated rings. The number of carbonyl (C=O) groups excluding carboxylic acids is 2. The summed E-state index contributed by atoms with van der Waals surface area (Å²) in [6.07, 6.45) is 7.65. The minimum Gasteiger partial charge on any atom is -0.352 e. The predicted octanol–water partition coefficient (Wildman–Crippen LogP) is 5.97. The summed E-state index contributed by atoms with van der Waals surface area (Å²) in [4.78, 5) is 28.2. The molecule has 0 radical (unpaired) electrons. The second kappa shape index (κ2) is 14.4. The minimum atomic E-state index is -3.54. The largest absolute Gasteiger partial charge is 0.352 e. The summed E-state index contributed by atoms with van der Waals surface area (Å²) in [5.41, 5.74) is 2.43. The molecule has 1 N–H and O–H groups in total. The number of hydrogen-bond donors (Lipinski definition) is 1. The number of benzene rings is 2. The van der Waals surface area contributed by atoms with Crippen molar-refractivity contribution in [3.63, 3.8) is 0 Å². The topological polar surface area (TPSA) is 86.8 Å². The van der Waals surface area contributed by atoms with Crippen LogP contribution in [-0.4, -0.2) is 50.0 Å². The van der Waals surface area contributed by atoms with Gasteiger partial charge < -0.3 is 10.2 Å². The van der Waals surface area contributed by atoms with Crippen LogP contribution in [0.15, 0.2) is 42.5 Å². The quantitative estimate of drug-likeness (QED) is 0.327. The summed E-state index contributed by atoms with van der Waals surface area (Å²) in [5.74, 6) is -0.425. The molecule has 1 saturated carbocycles. The number of halogens is 2. The lowest BCUT2D eigenvalue weighted by Crippen LogP contribution is -2.50. The fourth-order valence-corrected chi connectivity index (χ4v) is 6.17. The van der Waals surface area contributed by atoms with Crippen LogP contribution in [-0.2, 0) is 32.6 Å². The Morgan fingerprint density at radius 1 is 1.00 bits per heavy atom. The Kier molecular flexibility index (Phi) is 11.5. The van der Waals surface area contributed by atoms with Crippen LogP contribution < -0.4 is 9.62 Å². The molecule has 0 aliphatic heterocycles. The maximum atomic E-state index is 13.5. The number of hydrogen-bond acceptors (Lipinski definition) is 4. The molecule has 2 aromatic carbocycles. The fraction of sp³-hybridized carbons (Fsp3) is 0.517. The maximum Gasteiger partial charge on any atom is 0.242 e. The van der Waals surface area contributed by atoms with E-state index in [4.69, 9.17) is 23.2 Å². The van der Waals surface area contributed by atoms with Crippen molar-refractivity contribution in [2.45, 2.75) is 83.8 Å². The Labute approximate surface area is 242 Å². The zero-order valence-electron chi connectivity index (χ0n) is 23.0. The maximum absolute atomic E-state index is 13.5. The summed E-state index contributed by atoms with van der Waals surface area (Å²) in [5, 5.41) is 3.90. The van der Waals surface area contributed by atoms with Crippen molar-refractivity contribution in [3.05, 3.63) is 63.6 Å². The molecule has 0 heterocycles. The molecule has 214 valence electrons. The van der Waals surface area contributed by atoms with E-state index >= 15 is 0 Å². The molecule has 0 bridgehead atoms. The van der Waals surface area contributed by atoms with Gasteiger partial charge in [0.1, 0.15) is 6.04 Å². The van der Waals surface area contributed by atoms with Crippen molar-refractivity contribution in [3.8, 4) is 0 Å². The molecule has 1 aliphatic carbocycles. The number of aryl methyl sites for hydroxylation is 1. The fourth-order valence-electron chi connectivity index (χ4n) is 4.89. The van der Waals surface area contributed by atoms with Crippen molar-refractivity contribution in [1.82, 2.24) is 10.2 Å². The first-order chi connectivity index (χ1) is 18.5. The van der Waals surface area contributed by atoms with Gasteiger partial charge in [-0.1, -0.05) is 67.6 Å². The summed E-state index contributed by atoms with van der Waals surface area (Å²) in [7, 11) is -3.54.